The smallest absolute Gasteiger partial charge is 0.222 e. The first-order valence-electron chi connectivity index (χ1n) is 11.4. The number of morpholine rings is 1. The summed E-state index contributed by atoms with van der Waals surface area (Å²) < 4.78 is 18.5. The normalized spacial score (nSPS) is 14.5. The fourth-order valence-electron chi connectivity index (χ4n) is 4.07. The van der Waals surface area contributed by atoms with Crippen LogP contribution in [0.1, 0.15) is 19.0 Å². The second-order valence-electron chi connectivity index (χ2n) is 8.01. The third-order valence-corrected chi connectivity index (χ3v) is 6.94. The third kappa shape index (κ3) is 5.48. The van der Waals surface area contributed by atoms with Gasteiger partial charge in [-0.05, 0) is 18.2 Å². The summed E-state index contributed by atoms with van der Waals surface area (Å²) in [6.45, 7) is 7.67. The van der Waals surface area contributed by atoms with Gasteiger partial charge in [-0.15, -0.1) is 11.3 Å². The summed E-state index contributed by atoms with van der Waals surface area (Å²) in [5.41, 5.74) is 2.88. The molecule has 0 N–H and O–H groups in total. The molecule has 0 saturated carbocycles. The summed E-state index contributed by atoms with van der Waals surface area (Å²) in [7, 11) is 3.31. The molecule has 1 aromatic carbocycles. The number of benzene rings is 1. The molecule has 4 rings (SSSR count). The predicted molar refractivity (Wildman–Crippen MR) is 129 cm³/mol. The number of aromatic nitrogens is 2. The van der Waals surface area contributed by atoms with E-state index in [1.54, 1.807) is 25.6 Å². The van der Waals surface area contributed by atoms with Gasteiger partial charge in [0.25, 0.3) is 0 Å². The molecule has 0 unspecified atom stereocenters. The van der Waals surface area contributed by atoms with Crippen molar-refractivity contribution in [3.63, 3.8) is 0 Å². The van der Waals surface area contributed by atoms with Gasteiger partial charge in [0, 0.05) is 68.4 Å². The molecular weight excluding hydrogens is 440 g/mol. The summed E-state index contributed by atoms with van der Waals surface area (Å²) in [5.74, 6) is 1.71. The number of nitrogens with zero attached hydrogens (tertiary/aromatic N) is 4. The zero-order chi connectivity index (χ0) is 23.2. The molecule has 1 aliphatic rings. The second-order valence-corrected chi connectivity index (χ2v) is 8.85. The average molecular weight is 473 g/mol. The van der Waals surface area contributed by atoms with E-state index in [1.165, 1.54) is 0 Å². The van der Waals surface area contributed by atoms with Gasteiger partial charge in [0.15, 0.2) is 4.96 Å². The molecule has 0 radical (unpaired) electrons. The molecule has 3 heterocycles. The fourth-order valence-corrected chi connectivity index (χ4v) is 4.98. The molecule has 33 heavy (non-hydrogen) atoms. The Morgan fingerprint density at radius 3 is 2.76 bits per heavy atom. The van der Waals surface area contributed by atoms with Crippen LogP contribution < -0.4 is 9.47 Å². The van der Waals surface area contributed by atoms with Crippen molar-refractivity contribution in [1.29, 1.82) is 0 Å². The van der Waals surface area contributed by atoms with Crippen molar-refractivity contribution in [2.24, 2.45) is 0 Å². The van der Waals surface area contributed by atoms with Gasteiger partial charge in [-0.1, -0.05) is 6.92 Å². The Kier molecular flexibility index (Phi) is 7.85. The van der Waals surface area contributed by atoms with Gasteiger partial charge in [-0.3, -0.25) is 14.1 Å². The van der Waals surface area contributed by atoms with Gasteiger partial charge in [-0.2, -0.15) is 0 Å². The van der Waals surface area contributed by atoms with E-state index in [2.05, 4.69) is 14.7 Å². The molecule has 1 amide bonds. The Hall–Kier alpha value is -2.62. The van der Waals surface area contributed by atoms with Gasteiger partial charge in [0.05, 0.1) is 33.1 Å². The number of hydrogen-bond donors (Lipinski definition) is 0. The molecule has 0 bridgehead atoms. The maximum atomic E-state index is 12.6. The minimum Gasteiger partial charge on any atom is -0.497 e. The van der Waals surface area contributed by atoms with Gasteiger partial charge in [0.1, 0.15) is 11.5 Å². The van der Waals surface area contributed by atoms with E-state index in [-0.39, 0.29) is 5.91 Å². The monoisotopic (exact) mass is 472 g/mol. The van der Waals surface area contributed by atoms with E-state index >= 15 is 0 Å². The number of fused-ring (bicyclic) bond motifs is 1. The van der Waals surface area contributed by atoms with Crippen LogP contribution in [0.2, 0.25) is 0 Å². The molecule has 8 nitrogen and oxygen atoms in total. The van der Waals surface area contributed by atoms with Gasteiger partial charge >= 0.3 is 0 Å². The summed E-state index contributed by atoms with van der Waals surface area (Å²) in [5, 5.41) is 2.13. The maximum absolute atomic E-state index is 12.6. The largest absolute Gasteiger partial charge is 0.497 e. The molecule has 1 aliphatic heterocycles. The average Bonchev–Trinajstić information content (AvgIpc) is 3.45. The fraction of sp³-hybridized carbons (Fsp3) is 0.500. The van der Waals surface area contributed by atoms with Crippen LogP contribution in [0.3, 0.4) is 0 Å². The molecule has 3 aromatic rings. The molecule has 1 saturated heterocycles. The highest BCUT2D eigenvalue weighted by atomic mass is 32.1. The number of hydrogen-bond acceptors (Lipinski definition) is 7. The summed E-state index contributed by atoms with van der Waals surface area (Å²) in [4.78, 5) is 22.7. The number of rotatable bonds is 10. The minimum absolute atomic E-state index is 0.196. The molecule has 9 heteroatoms. The third-order valence-electron chi connectivity index (χ3n) is 6.05. The SMILES string of the molecule is CCC(=O)N(CCc1csc2nc(-c3cc(OC)ccc3OC)cn12)CCN1CCOCC1. The summed E-state index contributed by atoms with van der Waals surface area (Å²) in [6, 6.07) is 5.71. The lowest BCUT2D eigenvalue weighted by molar-refractivity contribution is -0.131. The van der Waals surface area contributed by atoms with Crippen molar-refractivity contribution < 1.29 is 19.0 Å². The lowest BCUT2D eigenvalue weighted by Crippen LogP contribution is -2.43. The van der Waals surface area contributed by atoms with Crippen LogP contribution in [0.25, 0.3) is 16.2 Å². The van der Waals surface area contributed by atoms with Crippen molar-refractivity contribution >= 4 is 22.2 Å². The Morgan fingerprint density at radius 1 is 1.21 bits per heavy atom. The summed E-state index contributed by atoms with van der Waals surface area (Å²) >= 11 is 1.61. The van der Waals surface area contributed by atoms with Crippen LogP contribution in [0.5, 0.6) is 11.5 Å². The standard InChI is InChI=1S/C24H32N4O4S/c1-4-23(29)27(10-9-26-11-13-32-14-12-26)8-7-18-17-33-24-25-21(16-28(18)24)20-15-19(30-2)5-6-22(20)31-3/h5-6,15-17H,4,7-14H2,1-3H3. The van der Waals surface area contributed by atoms with Crippen molar-refractivity contribution in [2.75, 3.05) is 60.2 Å². The second kappa shape index (κ2) is 11.0. The van der Waals surface area contributed by atoms with Gasteiger partial charge < -0.3 is 19.1 Å². The molecule has 0 atom stereocenters. The van der Waals surface area contributed by atoms with E-state index in [0.29, 0.717) is 13.0 Å². The van der Waals surface area contributed by atoms with Crippen molar-refractivity contribution in [2.45, 2.75) is 19.8 Å². The highest BCUT2D eigenvalue weighted by molar-refractivity contribution is 7.15. The van der Waals surface area contributed by atoms with Crippen LogP contribution in [0.15, 0.2) is 29.8 Å². The number of carbonyl (C=O) groups is 1. The van der Waals surface area contributed by atoms with Gasteiger partial charge in [-0.25, -0.2) is 4.98 Å². The van der Waals surface area contributed by atoms with E-state index in [0.717, 1.165) is 79.2 Å². The van der Waals surface area contributed by atoms with E-state index < -0.39 is 0 Å². The number of amides is 1. The zero-order valence-electron chi connectivity index (χ0n) is 19.6. The van der Waals surface area contributed by atoms with Crippen LogP contribution in [-0.2, 0) is 16.0 Å². The summed E-state index contributed by atoms with van der Waals surface area (Å²) in [6.07, 6.45) is 3.34. The van der Waals surface area contributed by atoms with Crippen molar-refractivity contribution in [3.8, 4) is 22.8 Å². The van der Waals surface area contributed by atoms with Crippen molar-refractivity contribution in [1.82, 2.24) is 19.2 Å². The number of thiazole rings is 1. The van der Waals surface area contributed by atoms with Gasteiger partial charge in [0.2, 0.25) is 5.91 Å². The van der Waals surface area contributed by atoms with Crippen LogP contribution in [-0.4, -0.2) is 85.2 Å². The maximum Gasteiger partial charge on any atom is 0.222 e. The predicted octanol–water partition coefficient (Wildman–Crippen LogP) is 3.19. The first-order valence-corrected chi connectivity index (χ1v) is 12.3. The lowest BCUT2D eigenvalue weighted by Gasteiger charge is -2.30. The highest BCUT2D eigenvalue weighted by Gasteiger charge is 2.18. The Balaban J connectivity index is 1.48. The van der Waals surface area contributed by atoms with Crippen LogP contribution in [0.4, 0.5) is 0 Å². The number of carbonyl (C=O) groups excluding carboxylic acids is 1. The molecule has 1 fully saturated rings. The molecular formula is C24H32N4O4S. The van der Waals surface area contributed by atoms with Crippen LogP contribution >= 0.6 is 11.3 Å². The lowest BCUT2D eigenvalue weighted by atomic mass is 10.1. The topological polar surface area (TPSA) is 68.5 Å². The van der Waals surface area contributed by atoms with E-state index in [9.17, 15) is 4.79 Å². The molecule has 178 valence electrons. The van der Waals surface area contributed by atoms with Crippen molar-refractivity contribution in [3.05, 3.63) is 35.5 Å². The Morgan fingerprint density at radius 2 is 2.03 bits per heavy atom. The van der Waals surface area contributed by atoms with Crippen LogP contribution in [0, 0.1) is 0 Å². The number of methoxy groups -OCH3 is 2. The minimum atomic E-state index is 0.196. The zero-order valence-corrected chi connectivity index (χ0v) is 20.4. The van der Waals surface area contributed by atoms with E-state index in [4.69, 9.17) is 19.2 Å². The Labute approximate surface area is 198 Å². The molecule has 0 spiro atoms. The first kappa shape index (κ1) is 23.5. The molecule has 2 aromatic heterocycles. The highest BCUT2D eigenvalue weighted by Crippen LogP contribution is 2.34. The molecule has 0 aliphatic carbocycles. The quantitative estimate of drug-likeness (QED) is 0.451. The number of ether oxygens (including phenoxy) is 3. The Bertz CT molecular complexity index is 1070. The first-order chi connectivity index (χ1) is 16.1. The number of imidazole rings is 1. The van der Waals surface area contributed by atoms with E-state index in [1.807, 2.05) is 36.2 Å².